The minimum atomic E-state index is -0.0398. The monoisotopic (exact) mass is 411 g/mol. The van der Waals surface area contributed by atoms with Crippen molar-refractivity contribution in [3.63, 3.8) is 0 Å². The van der Waals surface area contributed by atoms with E-state index in [0.717, 1.165) is 75.1 Å². The number of benzene rings is 1. The summed E-state index contributed by atoms with van der Waals surface area (Å²) >= 11 is 0. The quantitative estimate of drug-likeness (QED) is 0.557. The van der Waals surface area contributed by atoms with Gasteiger partial charge in [-0.1, -0.05) is 18.6 Å². The van der Waals surface area contributed by atoms with Gasteiger partial charge < -0.3 is 15.5 Å². The molecule has 164 valence electrons. The van der Waals surface area contributed by atoms with Gasteiger partial charge in [0.05, 0.1) is 0 Å². The van der Waals surface area contributed by atoms with Crippen LogP contribution in [0, 0.1) is 11.8 Å². The topological polar surface area (TPSA) is 60.0 Å². The van der Waals surface area contributed by atoms with Crippen LogP contribution < -0.4 is 10.6 Å². The number of hydrogen-bond acceptors (Lipinski definition) is 3. The Balaban J connectivity index is 1.30. The van der Waals surface area contributed by atoms with Crippen LogP contribution in [0.25, 0.3) is 0 Å². The number of rotatable bonds is 6. The number of nitrogens with one attached hydrogen (secondary N) is 2. The third kappa shape index (κ3) is 4.80. The molecule has 1 aromatic rings. The highest BCUT2D eigenvalue weighted by Gasteiger charge is 2.42. The fourth-order valence-corrected chi connectivity index (χ4v) is 5.65. The van der Waals surface area contributed by atoms with Crippen LogP contribution in [0.1, 0.15) is 48.5 Å². The first-order chi connectivity index (χ1) is 14.7. The first-order valence-electron chi connectivity index (χ1n) is 11.8. The van der Waals surface area contributed by atoms with E-state index >= 15 is 0 Å². The molecule has 0 spiro atoms. The number of carbonyl (C=O) groups is 1. The highest BCUT2D eigenvalue weighted by Crippen LogP contribution is 2.46. The molecule has 2 aliphatic carbocycles. The van der Waals surface area contributed by atoms with Gasteiger partial charge in [0.1, 0.15) is 0 Å². The van der Waals surface area contributed by atoms with Crippen molar-refractivity contribution in [2.45, 2.75) is 45.1 Å². The number of guanidine groups is 1. The van der Waals surface area contributed by atoms with E-state index in [4.69, 9.17) is 4.99 Å². The summed E-state index contributed by atoms with van der Waals surface area (Å²) < 4.78 is 0. The largest absolute Gasteiger partial charge is 0.357 e. The van der Waals surface area contributed by atoms with Crippen molar-refractivity contribution in [1.82, 2.24) is 20.4 Å². The number of nitrogens with zero attached hydrogens (tertiary/aromatic N) is 3. The summed E-state index contributed by atoms with van der Waals surface area (Å²) in [5.41, 5.74) is 1.86. The molecule has 1 saturated heterocycles. The van der Waals surface area contributed by atoms with Gasteiger partial charge in [-0.2, -0.15) is 0 Å². The van der Waals surface area contributed by atoms with Crippen LogP contribution in [0.15, 0.2) is 29.3 Å². The average molecular weight is 412 g/mol. The average Bonchev–Trinajstić information content (AvgIpc) is 3.42. The minimum Gasteiger partial charge on any atom is -0.357 e. The molecule has 2 N–H and O–H groups in total. The molecule has 3 aliphatic rings. The second-order valence-electron chi connectivity index (χ2n) is 9.03. The maximum Gasteiger partial charge on any atom is 0.251 e. The lowest BCUT2D eigenvalue weighted by Gasteiger charge is -2.42. The first-order valence-corrected chi connectivity index (χ1v) is 11.8. The summed E-state index contributed by atoms with van der Waals surface area (Å²) in [6.07, 6.45) is 6.69. The Labute approximate surface area is 181 Å². The van der Waals surface area contributed by atoms with E-state index in [0.29, 0.717) is 5.56 Å². The minimum absolute atomic E-state index is 0.0398. The van der Waals surface area contributed by atoms with Crippen molar-refractivity contribution >= 4 is 11.9 Å². The standard InChI is InChI=1S/C24H37N5O/c1-3-26-24(27-10-9-18-5-4-6-21(15-18)23(30)25-2)29-13-11-28(12-14-29)22-17-19-7-8-20(22)16-19/h4-6,15,19-20,22H,3,7-14,16-17H2,1-2H3,(H,25,30)(H,26,27). The van der Waals surface area contributed by atoms with Gasteiger partial charge in [-0.3, -0.25) is 14.7 Å². The van der Waals surface area contributed by atoms with Crippen molar-refractivity contribution in [1.29, 1.82) is 0 Å². The Hall–Kier alpha value is -2.08. The molecule has 2 bridgehead atoms. The van der Waals surface area contributed by atoms with E-state index in [9.17, 15) is 4.79 Å². The number of carbonyl (C=O) groups excluding carboxylic acids is 1. The van der Waals surface area contributed by atoms with E-state index < -0.39 is 0 Å². The molecule has 1 aliphatic heterocycles. The third-order valence-electron chi connectivity index (χ3n) is 7.20. The zero-order valence-corrected chi connectivity index (χ0v) is 18.6. The molecular weight excluding hydrogens is 374 g/mol. The van der Waals surface area contributed by atoms with Gasteiger partial charge in [-0.05, 0) is 62.1 Å². The SMILES string of the molecule is CCNC(=NCCc1cccc(C(=O)NC)c1)N1CCN(C2CC3CCC2C3)CC1. The van der Waals surface area contributed by atoms with Gasteiger partial charge in [0.25, 0.3) is 5.91 Å². The third-order valence-corrected chi connectivity index (χ3v) is 7.20. The van der Waals surface area contributed by atoms with E-state index in [-0.39, 0.29) is 5.91 Å². The molecule has 0 radical (unpaired) electrons. The van der Waals surface area contributed by atoms with Crippen molar-refractivity contribution < 1.29 is 4.79 Å². The first kappa shape index (κ1) is 21.2. The highest BCUT2D eigenvalue weighted by atomic mass is 16.1. The van der Waals surface area contributed by atoms with Crippen molar-refractivity contribution in [2.24, 2.45) is 16.8 Å². The fourth-order valence-electron chi connectivity index (χ4n) is 5.65. The van der Waals surface area contributed by atoms with Gasteiger partial charge in [0.2, 0.25) is 0 Å². The molecule has 2 saturated carbocycles. The Morgan fingerprint density at radius 2 is 2.00 bits per heavy atom. The molecule has 3 atom stereocenters. The molecule has 3 unspecified atom stereocenters. The molecule has 1 amide bonds. The van der Waals surface area contributed by atoms with Crippen molar-refractivity contribution in [3.05, 3.63) is 35.4 Å². The Morgan fingerprint density at radius 1 is 1.17 bits per heavy atom. The molecule has 4 rings (SSSR count). The van der Waals surface area contributed by atoms with Crippen LogP contribution in [-0.2, 0) is 6.42 Å². The van der Waals surface area contributed by atoms with Crippen LogP contribution in [0.4, 0.5) is 0 Å². The van der Waals surface area contributed by atoms with E-state index in [1.165, 1.54) is 25.7 Å². The van der Waals surface area contributed by atoms with Crippen molar-refractivity contribution in [2.75, 3.05) is 46.3 Å². The second kappa shape index (κ2) is 9.82. The van der Waals surface area contributed by atoms with Crippen LogP contribution in [0.2, 0.25) is 0 Å². The zero-order chi connectivity index (χ0) is 20.9. The maximum atomic E-state index is 11.8. The molecule has 0 aromatic heterocycles. The zero-order valence-electron chi connectivity index (χ0n) is 18.6. The van der Waals surface area contributed by atoms with Gasteiger partial charge in [-0.15, -0.1) is 0 Å². The molecule has 30 heavy (non-hydrogen) atoms. The lowest BCUT2D eigenvalue weighted by atomic mass is 9.93. The van der Waals surface area contributed by atoms with Crippen LogP contribution in [-0.4, -0.2) is 74.0 Å². The van der Waals surface area contributed by atoms with Crippen LogP contribution >= 0.6 is 0 Å². The summed E-state index contributed by atoms with van der Waals surface area (Å²) in [6.45, 7) is 8.19. The lowest BCUT2D eigenvalue weighted by Crippen LogP contribution is -2.55. The Bertz CT molecular complexity index is 756. The molecule has 6 heteroatoms. The summed E-state index contributed by atoms with van der Waals surface area (Å²) in [6, 6.07) is 8.69. The molecular formula is C24H37N5O. The fraction of sp³-hybridized carbons (Fsp3) is 0.667. The van der Waals surface area contributed by atoms with Gasteiger partial charge in [0.15, 0.2) is 5.96 Å². The van der Waals surface area contributed by atoms with E-state index in [1.54, 1.807) is 7.05 Å². The van der Waals surface area contributed by atoms with Gasteiger partial charge >= 0.3 is 0 Å². The van der Waals surface area contributed by atoms with Crippen molar-refractivity contribution in [3.8, 4) is 0 Å². The van der Waals surface area contributed by atoms with Gasteiger partial charge in [0, 0.05) is 57.9 Å². The number of piperazine rings is 1. The highest BCUT2D eigenvalue weighted by molar-refractivity contribution is 5.94. The maximum absolute atomic E-state index is 11.8. The molecule has 1 aromatic carbocycles. The Morgan fingerprint density at radius 3 is 2.67 bits per heavy atom. The van der Waals surface area contributed by atoms with Crippen LogP contribution in [0.3, 0.4) is 0 Å². The number of hydrogen-bond donors (Lipinski definition) is 2. The smallest absolute Gasteiger partial charge is 0.251 e. The van der Waals surface area contributed by atoms with E-state index in [2.05, 4.69) is 33.4 Å². The summed E-state index contributed by atoms with van der Waals surface area (Å²) in [5.74, 6) is 2.97. The van der Waals surface area contributed by atoms with Crippen LogP contribution in [0.5, 0.6) is 0 Å². The number of aliphatic imine (C=N–C) groups is 1. The molecule has 6 nitrogen and oxygen atoms in total. The second-order valence-corrected chi connectivity index (χ2v) is 9.03. The summed E-state index contributed by atoms with van der Waals surface area (Å²) in [7, 11) is 1.67. The molecule has 3 fully saturated rings. The predicted molar refractivity (Wildman–Crippen MR) is 122 cm³/mol. The number of fused-ring (bicyclic) bond motifs is 2. The normalized spacial score (nSPS) is 26.8. The summed E-state index contributed by atoms with van der Waals surface area (Å²) in [4.78, 5) is 21.9. The number of amides is 1. The van der Waals surface area contributed by atoms with E-state index in [1.807, 2.05) is 18.2 Å². The predicted octanol–water partition coefficient (Wildman–Crippen LogP) is 2.36. The molecule has 1 heterocycles. The summed E-state index contributed by atoms with van der Waals surface area (Å²) in [5, 5.41) is 6.17. The van der Waals surface area contributed by atoms with Gasteiger partial charge in [-0.25, -0.2) is 0 Å². The lowest BCUT2D eigenvalue weighted by molar-refractivity contribution is 0.0958. The Kier molecular flexibility index (Phi) is 6.93.